The number of likely N-dealkylation sites (N-methyl/N-ethyl adjacent to an activating group) is 1. The van der Waals surface area contributed by atoms with Crippen molar-refractivity contribution in [3.8, 4) is 22.8 Å². The van der Waals surface area contributed by atoms with Crippen LogP contribution in [0, 0.1) is 6.92 Å². The smallest absolute Gasteiger partial charge is 0.247 e. The monoisotopic (exact) mass is 537 g/mol. The highest BCUT2D eigenvalue weighted by Gasteiger charge is 2.25. The Labute approximate surface area is 231 Å². The van der Waals surface area contributed by atoms with Crippen LogP contribution in [0.4, 0.5) is 11.6 Å². The number of aromatic nitrogens is 6. The molecule has 5 aromatic rings. The predicted octanol–water partition coefficient (Wildman–Crippen LogP) is 3.69. The van der Waals surface area contributed by atoms with Crippen molar-refractivity contribution in [1.29, 1.82) is 0 Å². The van der Waals surface area contributed by atoms with Crippen LogP contribution in [0.15, 0.2) is 59.6 Å². The molecule has 11 heteroatoms. The van der Waals surface area contributed by atoms with Gasteiger partial charge in [-0.25, -0.2) is 24.9 Å². The number of anilines is 2. The molecule has 2 N–H and O–H groups in total. The number of imidazole rings is 1. The average Bonchev–Trinajstić information content (AvgIpc) is 3.74. The summed E-state index contributed by atoms with van der Waals surface area (Å²) in [6.07, 6.45) is 8.47. The fourth-order valence-electron chi connectivity index (χ4n) is 5.10. The van der Waals surface area contributed by atoms with Gasteiger partial charge in [-0.2, -0.15) is 0 Å². The molecule has 1 unspecified atom stereocenters. The first kappa shape index (κ1) is 25.6. The molecule has 0 amide bonds. The summed E-state index contributed by atoms with van der Waals surface area (Å²) < 4.78 is 7.48. The number of rotatable bonds is 8. The van der Waals surface area contributed by atoms with Crippen molar-refractivity contribution in [3.05, 3.63) is 72.3 Å². The molecule has 0 aliphatic carbocycles. The number of ketones is 1. The number of fused-ring (bicyclic) bond motifs is 1. The molecule has 0 bridgehead atoms. The van der Waals surface area contributed by atoms with E-state index in [0.29, 0.717) is 23.9 Å². The Kier molecular flexibility index (Phi) is 6.72. The van der Waals surface area contributed by atoms with Gasteiger partial charge in [0, 0.05) is 54.9 Å². The maximum atomic E-state index is 13.4. The molecule has 1 saturated heterocycles. The Balaban J connectivity index is 1.27. The van der Waals surface area contributed by atoms with Gasteiger partial charge in [-0.1, -0.05) is 6.07 Å². The molecule has 1 aliphatic rings. The molecule has 11 nitrogen and oxygen atoms in total. The lowest BCUT2D eigenvalue weighted by Gasteiger charge is -2.21. The van der Waals surface area contributed by atoms with E-state index < -0.39 is 0 Å². The molecule has 6 heterocycles. The number of carbonyl (C=O) groups is 1. The van der Waals surface area contributed by atoms with E-state index in [9.17, 15) is 4.79 Å². The summed E-state index contributed by atoms with van der Waals surface area (Å²) in [6.45, 7) is 3.88. The van der Waals surface area contributed by atoms with E-state index in [1.54, 1.807) is 6.20 Å². The van der Waals surface area contributed by atoms with E-state index in [0.717, 1.165) is 47.9 Å². The number of nitrogens with zero attached hydrogens (tertiary/aromatic N) is 8. The quantitative estimate of drug-likeness (QED) is 0.292. The number of oxazole rings is 1. The third-order valence-electron chi connectivity index (χ3n) is 7.40. The van der Waals surface area contributed by atoms with E-state index in [1.807, 2.05) is 47.9 Å². The Morgan fingerprint density at radius 1 is 1.12 bits per heavy atom. The number of carbonyl (C=O) groups excluding carboxylic acids is 1. The number of Topliss-reactive ketones (excluding diaryl/α,β-unsaturated/α-hetero) is 1. The van der Waals surface area contributed by atoms with E-state index in [2.05, 4.69) is 38.8 Å². The van der Waals surface area contributed by atoms with Crippen LogP contribution >= 0.6 is 0 Å². The molecule has 6 rings (SSSR count). The van der Waals surface area contributed by atoms with Crippen molar-refractivity contribution in [2.45, 2.75) is 32.2 Å². The Morgan fingerprint density at radius 2 is 2.00 bits per heavy atom. The third-order valence-corrected chi connectivity index (χ3v) is 7.40. The summed E-state index contributed by atoms with van der Waals surface area (Å²) in [5.41, 5.74) is 10.6. The first-order valence-corrected chi connectivity index (χ1v) is 13.3. The lowest BCUT2D eigenvalue weighted by Crippen LogP contribution is -2.31. The van der Waals surface area contributed by atoms with Crippen LogP contribution in [0.25, 0.3) is 28.5 Å². The fourth-order valence-corrected chi connectivity index (χ4v) is 5.10. The highest BCUT2D eigenvalue weighted by Crippen LogP contribution is 2.31. The molecule has 0 spiro atoms. The SMILES string of the molecule is Cc1cnc2ccc(-c3nc(C(=O)CCc4cccc(N5CCC(N(C)C)C5)n4)c(N)nc3-c3ncco3)cn12. The number of hydrogen-bond donors (Lipinski definition) is 1. The Morgan fingerprint density at radius 3 is 2.77 bits per heavy atom. The highest BCUT2D eigenvalue weighted by molar-refractivity contribution is 5.99. The zero-order valence-electron chi connectivity index (χ0n) is 22.8. The van der Waals surface area contributed by atoms with Crippen LogP contribution in [-0.2, 0) is 6.42 Å². The van der Waals surface area contributed by atoms with Crippen LogP contribution < -0.4 is 10.6 Å². The number of hydrogen-bond acceptors (Lipinski definition) is 10. The number of nitrogen functional groups attached to an aromatic ring is 1. The van der Waals surface area contributed by atoms with Crippen LogP contribution in [0.1, 0.15) is 34.7 Å². The van der Waals surface area contributed by atoms with Crippen LogP contribution in [-0.4, -0.2) is 73.2 Å². The van der Waals surface area contributed by atoms with Crippen molar-refractivity contribution in [2.24, 2.45) is 0 Å². The molecule has 0 aromatic carbocycles. The number of aryl methyl sites for hydroxylation is 2. The van der Waals surface area contributed by atoms with Crippen molar-refractivity contribution in [1.82, 2.24) is 34.2 Å². The summed E-state index contributed by atoms with van der Waals surface area (Å²) in [7, 11) is 4.22. The second-order valence-electron chi connectivity index (χ2n) is 10.3. The predicted molar refractivity (Wildman–Crippen MR) is 152 cm³/mol. The first-order valence-electron chi connectivity index (χ1n) is 13.3. The molecule has 1 aliphatic heterocycles. The van der Waals surface area contributed by atoms with Gasteiger partial charge in [-0.05, 0) is 58.1 Å². The van der Waals surface area contributed by atoms with Gasteiger partial charge >= 0.3 is 0 Å². The normalized spacial score (nSPS) is 15.4. The second kappa shape index (κ2) is 10.5. The highest BCUT2D eigenvalue weighted by atomic mass is 16.3. The Bertz CT molecular complexity index is 1680. The minimum atomic E-state index is -0.203. The molecule has 0 saturated carbocycles. The topological polar surface area (TPSA) is 132 Å². The summed E-state index contributed by atoms with van der Waals surface area (Å²) in [4.78, 5) is 40.7. The van der Waals surface area contributed by atoms with E-state index >= 15 is 0 Å². The summed E-state index contributed by atoms with van der Waals surface area (Å²) in [5, 5.41) is 0. The fraction of sp³-hybridized carbons (Fsp3) is 0.310. The largest absolute Gasteiger partial charge is 0.443 e. The van der Waals surface area contributed by atoms with Gasteiger partial charge < -0.3 is 24.4 Å². The van der Waals surface area contributed by atoms with Gasteiger partial charge in [-0.15, -0.1) is 0 Å². The van der Waals surface area contributed by atoms with Crippen molar-refractivity contribution in [2.75, 3.05) is 37.8 Å². The zero-order chi connectivity index (χ0) is 27.8. The van der Waals surface area contributed by atoms with Gasteiger partial charge in [0.1, 0.15) is 29.1 Å². The summed E-state index contributed by atoms with van der Waals surface area (Å²) in [6, 6.07) is 10.3. The third kappa shape index (κ3) is 4.91. The minimum Gasteiger partial charge on any atom is -0.443 e. The van der Waals surface area contributed by atoms with Crippen LogP contribution in [0.2, 0.25) is 0 Å². The van der Waals surface area contributed by atoms with Gasteiger partial charge in [0.25, 0.3) is 0 Å². The number of pyridine rings is 2. The van der Waals surface area contributed by atoms with E-state index in [-0.39, 0.29) is 29.6 Å². The average molecular weight is 538 g/mol. The van der Waals surface area contributed by atoms with Crippen molar-refractivity contribution in [3.63, 3.8) is 0 Å². The van der Waals surface area contributed by atoms with Gasteiger partial charge in [-0.3, -0.25) is 4.79 Å². The standard InChI is InChI=1S/C29H31N9O2/c1-18-15-32-23-10-7-19(16-38(18)23)25-27(29-31-12-14-40-29)35-28(30)26(34-25)22(39)9-8-20-5-4-6-24(33-20)37-13-11-21(17-37)36(2)3/h4-7,10,12,14-16,21H,8-9,11,13,17H2,1-3H3,(H2,30,35). The second-order valence-corrected chi connectivity index (χ2v) is 10.3. The Hall–Kier alpha value is -4.64. The summed E-state index contributed by atoms with van der Waals surface area (Å²) in [5.74, 6) is 1.05. The lowest BCUT2D eigenvalue weighted by atomic mass is 10.1. The van der Waals surface area contributed by atoms with Crippen LogP contribution in [0.5, 0.6) is 0 Å². The molecule has 1 atom stereocenters. The molecule has 1 fully saturated rings. The van der Waals surface area contributed by atoms with Crippen molar-refractivity contribution < 1.29 is 9.21 Å². The first-order chi connectivity index (χ1) is 19.4. The number of nitrogens with two attached hydrogens (primary N) is 1. The van der Waals surface area contributed by atoms with Crippen LogP contribution in [0.3, 0.4) is 0 Å². The molecule has 204 valence electrons. The van der Waals surface area contributed by atoms with Gasteiger partial charge in [0.05, 0.1) is 6.20 Å². The molecular formula is C29H31N9O2. The molecule has 5 aromatic heterocycles. The van der Waals surface area contributed by atoms with E-state index in [4.69, 9.17) is 20.1 Å². The molecule has 40 heavy (non-hydrogen) atoms. The van der Waals surface area contributed by atoms with Crippen molar-refractivity contribution >= 4 is 23.1 Å². The van der Waals surface area contributed by atoms with E-state index in [1.165, 1.54) is 12.5 Å². The molecule has 0 radical (unpaired) electrons. The van der Waals surface area contributed by atoms with Gasteiger partial charge in [0.2, 0.25) is 5.89 Å². The zero-order valence-corrected chi connectivity index (χ0v) is 22.8. The minimum absolute atomic E-state index is 0.0374. The molecular weight excluding hydrogens is 506 g/mol. The lowest BCUT2D eigenvalue weighted by molar-refractivity contribution is 0.0978. The maximum absolute atomic E-state index is 13.4. The maximum Gasteiger partial charge on any atom is 0.247 e. The van der Waals surface area contributed by atoms with Gasteiger partial charge in [0.15, 0.2) is 17.3 Å². The summed E-state index contributed by atoms with van der Waals surface area (Å²) >= 11 is 0.